The molecule has 138 valence electrons. The maximum absolute atomic E-state index is 12.6. The van der Waals surface area contributed by atoms with Gasteiger partial charge in [-0.15, -0.1) is 12.4 Å². The fourth-order valence-electron chi connectivity index (χ4n) is 2.59. The third-order valence-corrected chi connectivity index (χ3v) is 6.29. The van der Waals surface area contributed by atoms with E-state index in [0.29, 0.717) is 36.7 Å². The van der Waals surface area contributed by atoms with Crippen LogP contribution in [0.4, 0.5) is 0 Å². The highest BCUT2D eigenvalue weighted by atomic mass is 35.5. The fourth-order valence-corrected chi connectivity index (χ4v) is 4.35. The number of hydrogen-bond acceptors (Lipinski definition) is 5. The molecule has 0 aromatic heterocycles. The van der Waals surface area contributed by atoms with Crippen molar-refractivity contribution < 1.29 is 17.9 Å². The van der Waals surface area contributed by atoms with Gasteiger partial charge >= 0.3 is 0 Å². The smallest absolute Gasteiger partial charge is 0.181 e. The largest absolute Gasteiger partial charge is 0.491 e. The van der Waals surface area contributed by atoms with Crippen molar-refractivity contribution in [3.05, 3.63) is 24.3 Å². The first-order chi connectivity index (χ1) is 11.1. The first-order valence-corrected chi connectivity index (χ1v) is 9.94. The van der Waals surface area contributed by atoms with Gasteiger partial charge in [-0.1, -0.05) is 13.3 Å². The molecule has 1 aromatic rings. The highest BCUT2D eigenvalue weighted by Gasteiger charge is 2.28. The molecule has 0 saturated carbocycles. The predicted octanol–water partition coefficient (Wildman–Crippen LogP) is 2.83. The molecule has 2 rings (SSSR count). The van der Waals surface area contributed by atoms with Crippen molar-refractivity contribution in [1.82, 2.24) is 5.32 Å². The zero-order chi connectivity index (χ0) is 16.5. The van der Waals surface area contributed by atoms with Gasteiger partial charge in [-0.3, -0.25) is 0 Å². The summed E-state index contributed by atoms with van der Waals surface area (Å²) in [4.78, 5) is 0.385. The van der Waals surface area contributed by atoms with E-state index in [9.17, 15) is 8.42 Å². The predicted molar refractivity (Wildman–Crippen MR) is 98.0 cm³/mol. The minimum atomic E-state index is -3.23. The van der Waals surface area contributed by atoms with Gasteiger partial charge in [-0.05, 0) is 56.6 Å². The number of ether oxygens (including phenoxy) is 2. The molecule has 0 radical (unpaired) electrons. The Balaban J connectivity index is 0.00000288. The lowest BCUT2D eigenvalue weighted by Crippen LogP contribution is -2.35. The number of halogens is 1. The molecule has 1 aliphatic heterocycles. The van der Waals surface area contributed by atoms with Crippen LogP contribution in [0.2, 0.25) is 0 Å². The van der Waals surface area contributed by atoms with E-state index in [1.807, 2.05) is 0 Å². The van der Waals surface area contributed by atoms with Gasteiger partial charge in [-0.25, -0.2) is 8.42 Å². The van der Waals surface area contributed by atoms with Crippen LogP contribution < -0.4 is 10.1 Å². The van der Waals surface area contributed by atoms with Crippen molar-refractivity contribution >= 4 is 22.2 Å². The van der Waals surface area contributed by atoms with Gasteiger partial charge in [-0.2, -0.15) is 0 Å². The molecule has 5 nitrogen and oxygen atoms in total. The standard InChI is InChI=1S/C17H27NO4S.ClH/c1-2-3-12-21-13-14-22-15-4-6-16(7-5-15)23(19,20)17-8-10-18-11-9-17;/h4-7,17-18H,2-3,8-14H2,1H3;1H. The van der Waals surface area contributed by atoms with Crippen molar-refractivity contribution in [3.8, 4) is 5.75 Å². The van der Waals surface area contributed by atoms with E-state index >= 15 is 0 Å². The molecule has 0 amide bonds. The number of unbranched alkanes of at least 4 members (excludes halogenated alkanes) is 1. The lowest BCUT2D eigenvalue weighted by Gasteiger charge is -2.22. The number of rotatable bonds is 9. The molecule has 1 saturated heterocycles. The average Bonchev–Trinajstić information content (AvgIpc) is 2.59. The van der Waals surface area contributed by atoms with Gasteiger partial charge in [0.15, 0.2) is 9.84 Å². The van der Waals surface area contributed by atoms with Crippen molar-refractivity contribution in [2.45, 2.75) is 42.8 Å². The SMILES string of the molecule is CCCCOCCOc1ccc(S(=O)(=O)C2CCNCC2)cc1.Cl. The molecule has 1 fully saturated rings. The topological polar surface area (TPSA) is 64.6 Å². The number of hydrogen-bond donors (Lipinski definition) is 1. The van der Waals surface area contributed by atoms with Gasteiger partial charge in [0, 0.05) is 6.61 Å². The Labute approximate surface area is 151 Å². The maximum Gasteiger partial charge on any atom is 0.181 e. The molecule has 0 bridgehead atoms. The van der Waals surface area contributed by atoms with Gasteiger partial charge in [0.25, 0.3) is 0 Å². The Morgan fingerprint density at radius 3 is 2.38 bits per heavy atom. The summed E-state index contributed by atoms with van der Waals surface area (Å²) in [7, 11) is -3.23. The molecule has 0 atom stereocenters. The molecular weight excluding hydrogens is 350 g/mol. The number of sulfone groups is 1. The quantitative estimate of drug-likeness (QED) is 0.670. The Kier molecular flexibility index (Phi) is 9.66. The molecule has 1 aromatic carbocycles. The van der Waals surface area contributed by atoms with Gasteiger partial charge < -0.3 is 14.8 Å². The number of piperidine rings is 1. The normalized spacial score (nSPS) is 15.7. The van der Waals surface area contributed by atoms with Crippen molar-refractivity contribution in [1.29, 1.82) is 0 Å². The monoisotopic (exact) mass is 377 g/mol. The van der Waals surface area contributed by atoms with Crippen LogP contribution in [0.25, 0.3) is 0 Å². The van der Waals surface area contributed by atoms with E-state index < -0.39 is 9.84 Å². The fraction of sp³-hybridized carbons (Fsp3) is 0.647. The number of nitrogens with one attached hydrogen (secondary N) is 1. The highest BCUT2D eigenvalue weighted by molar-refractivity contribution is 7.92. The highest BCUT2D eigenvalue weighted by Crippen LogP contribution is 2.24. The summed E-state index contributed by atoms with van der Waals surface area (Å²) in [6.45, 7) is 5.44. The molecule has 1 N–H and O–H groups in total. The molecule has 7 heteroatoms. The summed E-state index contributed by atoms with van der Waals surface area (Å²) in [6, 6.07) is 6.73. The third kappa shape index (κ3) is 6.24. The van der Waals surface area contributed by atoms with E-state index in [1.54, 1.807) is 24.3 Å². The lowest BCUT2D eigenvalue weighted by atomic mass is 10.2. The molecule has 1 aliphatic rings. The Hall–Kier alpha value is -0.820. The van der Waals surface area contributed by atoms with Crippen LogP contribution in [0.5, 0.6) is 5.75 Å². The molecule has 0 unspecified atom stereocenters. The molecule has 0 aliphatic carbocycles. The minimum Gasteiger partial charge on any atom is -0.491 e. The van der Waals surface area contributed by atoms with Gasteiger partial charge in [0.1, 0.15) is 12.4 Å². The maximum atomic E-state index is 12.6. The lowest BCUT2D eigenvalue weighted by molar-refractivity contribution is 0.0980. The van der Waals surface area contributed by atoms with Crippen LogP contribution >= 0.6 is 12.4 Å². The molecular formula is C17H28ClNO4S. The van der Waals surface area contributed by atoms with E-state index in [4.69, 9.17) is 9.47 Å². The van der Waals surface area contributed by atoms with E-state index in [0.717, 1.165) is 32.5 Å². The van der Waals surface area contributed by atoms with Crippen LogP contribution in [0.15, 0.2) is 29.2 Å². The van der Waals surface area contributed by atoms with Crippen molar-refractivity contribution in [2.75, 3.05) is 32.9 Å². The van der Waals surface area contributed by atoms with Crippen LogP contribution in [0.1, 0.15) is 32.6 Å². The van der Waals surface area contributed by atoms with E-state index in [2.05, 4.69) is 12.2 Å². The van der Waals surface area contributed by atoms with Crippen LogP contribution in [0.3, 0.4) is 0 Å². The first kappa shape index (κ1) is 21.2. The van der Waals surface area contributed by atoms with Crippen molar-refractivity contribution in [2.24, 2.45) is 0 Å². The molecule has 24 heavy (non-hydrogen) atoms. The summed E-state index contributed by atoms with van der Waals surface area (Å²) >= 11 is 0. The van der Waals surface area contributed by atoms with Crippen LogP contribution in [-0.2, 0) is 14.6 Å². The molecule has 0 spiro atoms. The Morgan fingerprint density at radius 1 is 1.08 bits per heavy atom. The minimum absolute atomic E-state index is 0. The second kappa shape index (κ2) is 10.9. The zero-order valence-corrected chi connectivity index (χ0v) is 15.8. The summed E-state index contributed by atoms with van der Waals surface area (Å²) in [5.74, 6) is 0.674. The van der Waals surface area contributed by atoms with E-state index in [-0.39, 0.29) is 17.7 Å². The Morgan fingerprint density at radius 2 is 1.75 bits per heavy atom. The summed E-state index contributed by atoms with van der Waals surface area (Å²) in [5.41, 5.74) is 0. The van der Waals surface area contributed by atoms with E-state index in [1.165, 1.54) is 0 Å². The number of benzene rings is 1. The average molecular weight is 378 g/mol. The van der Waals surface area contributed by atoms with Gasteiger partial charge in [0.2, 0.25) is 0 Å². The second-order valence-corrected chi connectivity index (χ2v) is 8.01. The first-order valence-electron chi connectivity index (χ1n) is 8.40. The second-order valence-electron chi connectivity index (χ2n) is 5.78. The summed E-state index contributed by atoms with van der Waals surface area (Å²) < 4.78 is 36.1. The summed E-state index contributed by atoms with van der Waals surface area (Å²) in [6.07, 6.45) is 3.53. The zero-order valence-electron chi connectivity index (χ0n) is 14.2. The Bertz CT molecular complexity index is 556. The van der Waals surface area contributed by atoms with Crippen LogP contribution in [0, 0.1) is 0 Å². The van der Waals surface area contributed by atoms with Gasteiger partial charge in [0.05, 0.1) is 16.8 Å². The third-order valence-electron chi connectivity index (χ3n) is 4.02. The van der Waals surface area contributed by atoms with Crippen molar-refractivity contribution in [3.63, 3.8) is 0 Å². The molecule has 1 heterocycles. The summed E-state index contributed by atoms with van der Waals surface area (Å²) in [5, 5.41) is 2.92. The van der Waals surface area contributed by atoms with Crippen LogP contribution in [-0.4, -0.2) is 46.6 Å².